The lowest BCUT2D eigenvalue weighted by atomic mass is 9.77. The van der Waals surface area contributed by atoms with Crippen molar-refractivity contribution in [1.82, 2.24) is 10.2 Å². The average Bonchev–Trinajstić information content (AvgIpc) is 3.56. The topological polar surface area (TPSA) is 135 Å². The van der Waals surface area contributed by atoms with Crippen LogP contribution in [0, 0.1) is 25.7 Å². The lowest BCUT2D eigenvalue weighted by molar-refractivity contribution is -0.162. The summed E-state index contributed by atoms with van der Waals surface area (Å²) in [4.78, 5) is 61.6. The van der Waals surface area contributed by atoms with Gasteiger partial charge in [0.2, 0.25) is 11.8 Å². The number of cyclic esters (lactones) is 1. The molecule has 3 aromatic rings. The van der Waals surface area contributed by atoms with E-state index in [2.05, 4.69) is 5.32 Å². The molecule has 4 heterocycles. The first-order valence-electron chi connectivity index (χ1n) is 18.6. The Morgan fingerprint density at radius 1 is 0.926 bits per heavy atom. The molecule has 0 saturated carbocycles. The van der Waals surface area contributed by atoms with Crippen molar-refractivity contribution in [2.24, 2.45) is 11.8 Å². The number of nitrogens with zero attached hydrogens (tertiary/aromatic N) is 2. The standard InChI is InChI=1S/C43H47N3O8/c1-27-14-12-15-28(2)37(27)45-23-13-22-43-36(40(49)46(39(43)41(45)50)31(25-47)24-29-16-6-4-7-17-29)35-33(54-43)20-10-11-21-34(48)44-32(26-52-3)38(53-42(35)51)30-18-8-5-9-19-30/h4-10,12-20,22,31-33,35-36,38-39,47H,11,21,23-26H2,1-3H3,(H,44,48)/b20-10-/t31-,32-,33-,35+,36+,38-,39-,43+/m1/s1. The number of fused-ring (bicyclic) bond motifs is 2. The Bertz CT molecular complexity index is 1910. The first kappa shape index (κ1) is 37.2. The molecule has 3 amide bonds. The van der Waals surface area contributed by atoms with E-state index in [4.69, 9.17) is 14.2 Å². The number of hydrogen-bond donors (Lipinski definition) is 2. The van der Waals surface area contributed by atoms with E-state index in [1.165, 1.54) is 12.0 Å². The third kappa shape index (κ3) is 6.76. The number of aliphatic hydroxyl groups excluding tert-OH is 1. The maximum atomic E-state index is 15.2. The molecule has 2 saturated heterocycles. The van der Waals surface area contributed by atoms with Gasteiger partial charge in [-0.3, -0.25) is 19.2 Å². The smallest absolute Gasteiger partial charge is 0.313 e. The van der Waals surface area contributed by atoms with Crippen molar-refractivity contribution in [3.05, 3.63) is 125 Å². The van der Waals surface area contributed by atoms with Gasteiger partial charge in [-0.15, -0.1) is 0 Å². The van der Waals surface area contributed by atoms with Crippen molar-refractivity contribution in [1.29, 1.82) is 0 Å². The van der Waals surface area contributed by atoms with Gasteiger partial charge in [0.25, 0.3) is 5.91 Å². The fraction of sp³-hybridized carbons (Fsp3) is 0.395. The van der Waals surface area contributed by atoms with Crippen molar-refractivity contribution in [3.8, 4) is 0 Å². The molecule has 0 radical (unpaired) electrons. The van der Waals surface area contributed by atoms with Gasteiger partial charge in [0.1, 0.15) is 23.7 Å². The van der Waals surface area contributed by atoms with Crippen LogP contribution in [-0.4, -0.2) is 90.4 Å². The first-order chi connectivity index (χ1) is 26.2. The van der Waals surface area contributed by atoms with Gasteiger partial charge in [0, 0.05) is 25.8 Å². The van der Waals surface area contributed by atoms with Crippen LogP contribution in [0.2, 0.25) is 0 Å². The summed E-state index contributed by atoms with van der Waals surface area (Å²) < 4.78 is 18.8. The fourth-order valence-corrected chi connectivity index (χ4v) is 8.79. The van der Waals surface area contributed by atoms with Crippen LogP contribution in [-0.2, 0) is 39.8 Å². The zero-order chi connectivity index (χ0) is 38.0. The number of methoxy groups -OCH3 is 1. The number of benzene rings is 3. The van der Waals surface area contributed by atoms with Gasteiger partial charge in [0.05, 0.1) is 37.3 Å². The number of aliphatic hydroxyl groups is 1. The minimum Gasteiger partial charge on any atom is -0.455 e. The minimum absolute atomic E-state index is 0.0597. The second-order valence-electron chi connectivity index (χ2n) is 14.6. The predicted molar refractivity (Wildman–Crippen MR) is 201 cm³/mol. The summed E-state index contributed by atoms with van der Waals surface area (Å²) in [7, 11) is 1.51. The van der Waals surface area contributed by atoms with Crippen molar-refractivity contribution in [3.63, 3.8) is 0 Å². The van der Waals surface area contributed by atoms with E-state index in [0.29, 0.717) is 12.0 Å². The highest BCUT2D eigenvalue weighted by molar-refractivity contribution is 6.06. The third-order valence-corrected chi connectivity index (χ3v) is 11.1. The zero-order valence-electron chi connectivity index (χ0n) is 30.8. The highest BCUT2D eigenvalue weighted by Gasteiger charge is 2.72. The highest BCUT2D eigenvalue weighted by Crippen LogP contribution is 2.54. The largest absolute Gasteiger partial charge is 0.455 e. The summed E-state index contributed by atoms with van der Waals surface area (Å²) in [6, 6.07) is 21.7. The molecule has 4 aliphatic rings. The Balaban J connectivity index is 1.36. The predicted octanol–water partition coefficient (Wildman–Crippen LogP) is 4.16. The van der Waals surface area contributed by atoms with Gasteiger partial charge in [-0.2, -0.15) is 0 Å². The van der Waals surface area contributed by atoms with Crippen molar-refractivity contribution in [2.75, 3.05) is 31.8 Å². The van der Waals surface area contributed by atoms with Crippen molar-refractivity contribution < 1.29 is 38.5 Å². The van der Waals surface area contributed by atoms with Crippen molar-refractivity contribution in [2.45, 2.75) is 69.0 Å². The van der Waals surface area contributed by atoms with Crippen LogP contribution in [0.5, 0.6) is 0 Å². The number of anilines is 1. The van der Waals surface area contributed by atoms with E-state index >= 15 is 9.59 Å². The maximum Gasteiger partial charge on any atom is 0.313 e. The molecule has 8 atom stereocenters. The van der Waals surface area contributed by atoms with Crippen LogP contribution in [0.1, 0.15) is 41.2 Å². The lowest BCUT2D eigenvalue weighted by Crippen LogP contribution is -2.58. The second-order valence-corrected chi connectivity index (χ2v) is 14.6. The lowest BCUT2D eigenvalue weighted by Gasteiger charge is -2.39. The summed E-state index contributed by atoms with van der Waals surface area (Å²) >= 11 is 0. The van der Waals surface area contributed by atoms with Gasteiger partial charge in [-0.05, 0) is 48.9 Å². The van der Waals surface area contributed by atoms with E-state index < -0.39 is 66.3 Å². The first-order valence-corrected chi connectivity index (χ1v) is 18.6. The molecule has 282 valence electrons. The SMILES string of the molecule is COC[C@H]1NC(=O)CC/C=C\[C@H]2O[C@]34C=CCN(c5c(C)cccc5C)C(=O)[C@H]3N([C@@H](CO)Cc3ccccc3)C(=O)[C@@H]4[C@H]2C(=O)O[C@@H]1c1ccccc1. The number of carbonyl (C=O) groups excluding carboxylic acids is 4. The Morgan fingerprint density at radius 2 is 1.63 bits per heavy atom. The second kappa shape index (κ2) is 15.7. The Hall–Kier alpha value is -5.10. The normalized spacial score (nSPS) is 29.6. The van der Waals surface area contributed by atoms with Crippen LogP contribution in [0.3, 0.4) is 0 Å². The monoisotopic (exact) mass is 733 g/mol. The molecular formula is C43H47N3O8. The molecule has 4 aliphatic heterocycles. The van der Waals surface area contributed by atoms with E-state index in [1.54, 1.807) is 23.1 Å². The number of allylic oxidation sites excluding steroid dienone is 1. The van der Waals surface area contributed by atoms with Crippen molar-refractivity contribution >= 4 is 29.4 Å². The number of nitrogens with one attached hydrogen (secondary N) is 1. The molecule has 2 N–H and O–H groups in total. The number of esters is 1. The molecule has 2 fully saturated rings. The van der Waals surface area contributed by atoms with E-state index in [1.807, 2.05) is 98.8 Å². The molecule has 0 aromatic heterocycles. The molecule has 0 unspecified atom stereocenters. The number of carbonyl (C=O) groups is 4. The third-order valence-electron chi connectivity index (χ3n) is 11.1. The van der Waals surface area contributed by atoms with Crippen LogP contribution in [0.25, 0.3) is 0 Å². The summed E-state index contributed by atoms with van der Waals surface area (Å²) in [5.41, 5.74) is 2.46. The number of hydrogen-bond acceptors (Lipinski definition) is 8. The number of rotatable bonds is 8. The summed E-state index contributed by atoms with van der Waals surface area (Å²) in [5, 5.41) is 14.0. The van der Waals surface area contributed by atoms with Crippen LogP contribution in [0.4, 0.5) is 5.69 Å². The molecular weight excluding hydrogens is 686 g/mol. The minimum atomic E-state index is -1.58. The van der Waals surface area contributed by atoms with Crippen LogP contribution >= 0.6 is 0 Å². The molecule has 54 heavy (non-hydrogen) atoms. The van der Waals surface area contributed by atoms with Gasteiger partial charge >= 0.3 is 5.97 Å². The molecule has 0 bridgehead atoms. The fourth-order valence-electron chi connectivity index (χ4n) is 8.79. The number of aryl methyl sites for hydroxylation is 2. The Labute approximate surface area is 315 Å². The number of likely N-dealkylation sites (tertiary alicyclic amines) is 1. The highest BCUT2D eigenvalue weighted by atomic mass is 16.6. The molecule has 11 heteroatoms. The molecule has 0 aliphatic carbocycles. The number of para-hydroxylation sites is 1. The Morgan fingerprint density at radius 3 is 2.31 bits per heavy atom. The molecule has 3 aromatic carbocycles. The average molecular weight is 734 g/mol. The van der Waals surface area contributed by atoms with Gasteiger partial charge in [-0.25, -0.2) is 0 Å². The molecule has 11 nitrogen and oxygen atoms in total. The summed E-state index contributed by atoms with van der Waals surface area (Å²) in [6.07, 6.45) is 5.98. The number of ether oxygens (including phenoxy) is 3. The Kier molecular flexibility index (Phi) is 10.8. The summed E-state index contributed by atoms with van der Waals surface area (Å²) in [5.74, 6) is -4.10. The number of amides is 3. The van der Waals surface area contributed by atoms with E-state index in [0.717, 1.165) is 22.4 Å². The van der Waals surface area contributed by atoms with Crippen LogP contribution < -0.4 is 10.2 Å². The van der Waals surface area contributed by atoms with Gasteiger partial charge in [-0.1, -0.05) is 103 Å². The van der Waals surface area contributed by atoms with Gasteiger partial charge < -0.3 is 34.4 Å². The van der Waals surface area contributed by atoms with E-state index in [-0.39, 0.29) is 37.8 Å². The molecule has 1 spiro atoms. The van der Waals surface area contributed by atoms with Crippen LogP contribution in [0.15, 0.2) is 103 Å². The summed E-state index contributed by atoms with van der Waals surface area (Å²) in [6.45, 7) is 3.73. The zero-order valence-corrected chi connectivity index (χ0v) is 30.8. The van der Waals surface area contributed by atoms with E-state index in [9.17, 15) is 14.7 Å². The van der Waals surface area contributed by atoms with Gasteiger partial charge in [0.15, 0.2) is 0 Å². The maximum absolute atomic E-state index is 15.2. The molecule has 7 rings (SSSR count). The quantitative estimate of drug-likeness (QED) is 0.261.